The molecule has 0 spiro atoms. The van der Waals surface area contributed by atoms with Crippen LogP contribution in [0.1, 0.15) is 51.2 Å². The number of nitrogens with one attached hydrogen (secondary N) is 1. The van der Waals surface area contributed by atoms with E-state index >= 15 is 0 Å². The zero-order valence-corrected chi connectivity index (χ0v) is 19.7. The Kier molecular flexibility index (Phi) is 6.56. The van der Waals surface area contributed by atoms with Crippen molar-refractivity contribution >= 4 is 17.0 Å². The monoisotopic (exact) mass is 482 g/mol. The molecule has 2 unspecified atom stereocenters. The van der Waals surface area contributed by atoms with Crippen LogP contribution in [0.15, 0.2) is 59.8 Å². The van der Waals surface area contributed by atoms with Gasteiger partial charge in [-0.3, -0.25) is 19.3 Å². The summed E-state index contributed by atoms with van der Waals surface area (Å²) in [7, 11) is 0. The van der Waals surface area contributed by atoms with Crippen LogP contribution < -0.4 is 10.9 Å². The van der Waals surface area contributed by atoms with Gasteiger partial charge in [-0.1, -0.05) is 19.9 Å². The molecular weight excluding hydrogens is 457 g/mol. The first-order valence-electron chi connectivity index (χ1n) is 11.2. The van der Waals surface area contributed by atoms with Crippen molar-refractivity contribution in [1.82, 2.24) is 24.5 Å². The highest BCUT2D eigenvalue weighted by molar-refractivity contribution is 5.75. The molecule has 0 saturated heterocycles. The molecular formula is C25H25F3N6O. The van der Waals surface area contributed by atoms with Gasteiger partial charge in [-0.05, 0) is 49.6 Å². The highest BCUT2D eigenvalue weighted by Gasteiger charge is 2.32. The lowest BCUT2D eigenvalue weighted by atomic mass is 10.1. The molecule has 4 aromatic heterocycles. The van der Waals surface area contributed by atoms with Crippen LogP contribution in [0.4, 0.5) is 19.1 Å². The Morgan fingerprint density at radius 1 is 0.914 bits per heavy atom. The van der Waals surface area contributed by atoms with Gasteiger partial charge in [-0.25, -0.2) is 4.98 Å². The number of pyridine rings is 3. The van der Waals surface area contributed by atoms with Gasteiger partial charge in [0.1, 0.15) is 11.3 Å². The summed E-state index contributed by atoms with van der Waals surface area (Å²) in [6.45, 7) is 7.95. The fourth-order valence-corrected chi connectivity index (χ4v) is 3.66. The average molecular weight is 483 g/mol. The zero-order chi connectivity index (χ0) is 25.3. The topological polar surface area (TPSA) is 85.6 Å². The lowest BCUT2D eigenvalue weighted by Gasteiger charge is -2.21. The van der Waals surface area contributed by atoms with E-state index in [1.165, 1.54) is 18.3 Å². The first kappa shape index (κ1) is 24.3. The second-order valence-corrected chi connectivity index (χ2v) is 8.76. The van der Waals surface area contributed by atoms with E-state index in [2.05, 4.69) is 25.3 Å². The smallest absolute Gasteiger partial charge is 0.346 e. The number of hydrogen-bond donors (Lipinski definition) is 1. The van der Waals surface area contributed by atoms with Crippen molar-refractivity contribution in [3.8, 4) is 11.1 Å². The van der Waals surface area contributed by atoms with Crippen LogP contribution in [-0.4, -0.2) is 24.5 Å². The van der Waals surface area contributed by atoms with Crippen LogP contribution in [-0.2, 0) is 6.18 Å². The van der Waals surface area contributed by atoms with Crippen LogP contribution in [0.25, 0.3) is 22.2 Å². The van der Waals surface area contributed by atoms with Gasteiger partial charge in [-0.15, -0.1) is 0 Å². The molecule has 0 amide bonds. The number of halogens is 3. The molecule has 0 aliphatic carbocycles. The Bertz CT molecular complexity index is 1400. The van der Waals surface area contributed by atoms with Crippen LogP contribution in [0, 0.1) is 5.92 Å². The third kappa shape index (κ3) is 5.16. The summed E-state index contributed by atoms with van der Waals surface area (Å²) in [4.78, 5) is 29.3. The Labute approximate surface area is 200 Å². The van der Waals surface area contributed by atoms with Gasteiger partial charge in [0, 0.05) is 41.6 Å². The van der Waals surface area contributed by atoms with Crippen molar-refractivity contribution in [2.75, 3.05) is 5.32 Å². The van der Waals surface area contributed by atoms with E-state index in [1.54, 1.807) is 29.0 Å². The first-order valence-corrected chi connectivity index (χ1v) is 11.2. The van der Waals surface area contributed by atoms with Gasteiger partial charge in [0.05, 0.1) is 11.7 Å². The third-order valence-corrected chi connectivity index (χ3v) is 6.00. The van der Waals surface area contributed by atoms with Crippen molar-refractivity contribution in [2.45, 2.75) is 46.0 Å². The lowest BCUT2D eigenvalue weighted by molar-refractivity contribution is -0.141. The standard InChI is InChI=1S/C25H25F3N6O/c1-14(2)16(4)34-22(35)8-6-19-13-31-24(33-23(19)34)32-15(3)20-7-5-18(12-30-20)17-9-10-29-21(11-17)25(26,27)28/h5-16H,1-4H3,(H,31,32,33). The normalized spacial score (nSPS) is 13.7. The van der Waals surface area contributed by atoms with E-state index in [0.29, 0.717) is 28.4 Å². The number of anilines is 1. The molecule has 4 heterocycles. The minimum atomic E-state index is -4.51. The van der Waals surface area contributed by atoms with E-state index in [4.69, 9.17) is 0 Å². The summed E-state index contributed by atoms with van der Waals surface area (Å²) in [6, 6.07) is 8.83. The summed E-state index contributed by atoms with van der Waals surface area (Å²) in [5.74, 6) is 0.578. The molecule has 4 rings (SSSR count). The van der Waals surface area contributed by atoms with Crippen LogP contribution in [0.5, 0.6) is 0 Å². The van der Waals surface area contributed by atoms with Gasteiger partial charge in [0.15, 0.2) is 0 Å². The molecule has 35 heavy (non-hydrogen) atoms. The molecule has 0 bridgehead atoms. The van der Waals surface area contributed by atoms with E-state index in [9.17, 15) is 18.0 Å². The van der Waals surface area contributed by atoms with Crippen LogP contribution >= 0.6 is 0 Å². The number of rotatable bonds is 6. The maximum atomic E-state index is 13.0. The van der Waals surface area contributed by atoms with Gasteiger partial charge in [0.25, 0.3) is 5.56 Å². The number of alkyl halides is 3. The number of aromatic nitrogens is 5. The quantitative estimate of drug-likeness (QED) is 0.382. The van der Waals surface area contributed by atoms with E-state index in [1.807, 2.05) is 27.7 Å². The minimum Gasteiger partial charge on any atom is -0.346 e. The fraction of sp³-hybridized carbons (Fsp3) is 0.320. The molecule has 0 saturated carbocycles. The molecule has 0 aliphatic rings. The molecule has 0 aliphatic heterocycles. The zero-order valence-electron chi connectivity index (χ0n) is 19.7. The maximum absolute atomic E-state index is 13.0. The summed E-state index contributed by atoms with van der Waals surface area (Å²) in [5.41, 5.74) is 1.05. The van der Waals surface area contributed by atoms with Crippen molar-refractivity contribution in [3.63, 3.8) is 0 Å². The van der Waals surface area contributed by atoms with E-state index in [-0.39, 0.29) is 23.6 Å². The van der Waals surface area contributed by atoms with Gasteiger partial charge in [-0.2, -0.15) is 18.2 Å². The molecule has 1 N–H and O–H groups in total. The van der Waals surface area contributed by atoms with Crippen molar-refractivity contribution in [2.24, 2.45) is 5.92 Å². The molecule has 0 fully saturated rings. The predicted octanol–water partition coefficient (Wildman–Crippen LogP) is 5.66. The van der Waals surface area contributed by atoms with Gasteiger partial charge >= 0.3 is 6.18 Å². The number of nitrogens with zero attached hydrogens (tertiary/aromatic N) is 5. The molecule has 4 aromatic rings. The summed E-state index contributed by atoms with van der Waals surface area (Å²) in [5, 5.41) is 3.95. The molecule has 2 atom stereocenters. The summed E-state index contributed by atoms with van der Waals surface area (Å²) < 4.78 is 40.6. The highest BCUT2D eigenvalue weighted by Crippen LogP contribution is 2.30. The molecule has 0 radical (unpaired) electrons. The Morgan fingerprint density at radius 3 is 2.34 bits per heavy atom. The number of hydrogen-bond acceptors (Lipinski definition) is 6. The Morgan fingerprint density at radius 2 is 1.69 bits per heavy atom. The fourth-order valence-electron chi connectivity index (χ4n) is 3.66. The number of fused-ring (bicyclic) bond motifs is 1. The van der Waals surface area contributed by atoms with Gasteiger partial charge in [0.2, 0.25) is 5.95 Å². The second-order valence-electron chi connectivity index (χ2n) is 8.76. The van der Waals surface area contributed by atoms with E-state index in [0.717, 1.165) is 17.6 Å². The molecule has 0 aromatic carbocycles. The largest absolute Gasteiger partial charge is 0.433 e. The minimum absolute atomic E-state index is 0.0494. The maximum Gasteiger partial charge on any atom is 0.433 e. The molecule has 7 nitrogen and oxygen atoms in total. The predicted molar refractivity (Wildman–Crippen MR) is 128 cm³/mol. The Hall–Kier alpha value is -3.82. The molecule has 182 valence electrons. The van der Waals surface area contributed by atoms with Crippen molar-refractivity contribution in [3.05, 3.63) is 76.7 Å². The molecule has 10 heteroatoms. The highest BCUT2D eigenvalue weighted by atomic mass is 19.4. The van der Waals surface area contributed by atoms with Crippen LogP contribution in [0.3, 0.4) is 0 Å². The van der Waals surface area contributed by atoms with Gasteiger partial charge < -0.3 is 5.32 Å². The first-order chi connectivity index (χ1) is 16.5. The van der Waals surface area contributed by atoms with Crippen molar-refractivity contribution in [1.29, 1.82) is 0 Å². The lowest BCUT2D eigenvalue weighted by Crippen LogP contribution is -2.26. The second kappa shape index (κ2) is 9.44. The van der Waals surface area contributed by atoms with Crippen molar-refractivity contribution < 1.29 is 13.2 Å². The summed E-state index contributed by atoms with van der Waals surface area (Å²) >= 11 is 0. The Balaban J connectivity index is 1.58. The van der Waals surface area contributed by atoms with E-state index < -0.39 is 11.9 Å². The third-order valence-electron chi connectivity index (χ3n) is 6.00. The average Bonchev–Trinajstić information content (AvgIpc) is 2.83. The SMILES string of the molecule is CC(Nc1ncc2ccc(=O)n(C(C)C(C)C)c2n1)c1ccc(-c2ccnc(C(F)(F)F)c2)cn1. The van der Waals surface area contributed by atoms with Crippen LogP contribution in [0.2, 0.25) is 0 Å². The summed E-state index contributed by atoms with van der Waals surface area (Å²) in [6.07, 6.45) is -0.197.